The highest BCUT2D eigenvalue weighted by atomic mass is 32.2. The van der Waals surface area contributed by atoms with Crippen molar-refractivity contribution in [2.75, 3.05) is 26.7 Å². The van der Waals surface area contributed by atoms with Crippen molar-refractivity contribution in [2.24, 2.45) is 0 Å². The van der Waals surface area contributed by atoms with Crippen LogP contribution in [0.3, 0.4) is 0 Å². The van der Waals surface area contributed by atoms with E-state index >= 15 is 0 Å². The fourth-order valence-corrected chi connectivity index (χ4v) is 5.42. The second kappa shape index (κ2) is 7.26. The largest absolute Gasteiger partial charge is 0.496 e. The Bertz CT molecular complexity index is 1050. The molecule has 4 rings (SSSR count). The summed E-state index contributed by atoms with van der Waals surface area (Å²) in [6, 6.07) is 14.2. The molecule has 1 fully saturated rings. The smallest absolute Gasteiger partial charge is 0.244 e. The maximum Gasteiger partial charge on any atom is 0.244 e. The van der Waals surface area contributed by atoms with Gasteiger partial charge in [-0.2, -0.15) is 4.31 Å². The predicted octanol–water partition coefficient (Wildman–Crippen LogP) is 2.58. The first-order valence-electron chi connectivity index (χ1n) is 8.81. The quantitative estimate of drug-likeness (QED) is 0.750. The van der Waals surface area contributed by atoms with Crippen molar-refractivity contribution in [3.05, 3.63) is 66.5 Å². The Morgan fingerprint density at radius 2 is 1.93 bits per heavy atom. The lowest BCUT2D eigenvalue weighted by Gasteiger charge is -2.35. The van der Waals surface area contributed by atoms with Crippen LogP contribution in [-0.2, 0) is 10.0 Å². The molecule has 7 heteroatoms. The molecule has 1 aliphatic rings. The molecule has 1 unspecified atom stereocenters. The van der Waals surface area contributed by atoms with Gasteiger partial charge in [-0.3, -0.25) is 4.98 Å². The molecule has 140 valence electrons. The minimum atomic E-state index is -3.70. The van der Waals surface area contributed by atoms with Gasteiger partial charge in [0.05, 0.1) is 18.0 Å². The fraction of sp³-hybridized carbons (Fsp3) is 0.250. The molecule has 1 aliphatic heterocycles. The fourth-order valence-electron chi connectivity index (χ4n) is 3.60. The van der Waals surface area contributed by atoms with E-state index in [9.17, 15) is 8.42 Å². The summed E-state index contributed by atoms with van der Waals surface area (Å²) in [5, 5.41) is 4.74. The molecule has 6 nitrogen and oxygen atoms in total. The third-order valence-corrected chi connectivity index (χ3v) is 6.88. The molecule has 0 spiro atoms. The average molecular weight is 383 g/mol. The SMILES string of the molecule is COc1ccc(S(=O)(=O)N2CCNCC2c2cccnc2)c2ccccc12. The number of ether oxygens (including phenoxy) is 1. The van der Waals surface area contributed by atoms with E-state index in [0.717, 1.165) is 10.9 Å². The molecule has 3 aromatic rings. The molecule has 1 atom stereocenters. The third kappa shape index (κ3) is 3.18. The molecule has 27 heavy (non-hydrogen) atoms. The highest BCUT2D eigenvalue weighted by Gasteiger charge is 2.35. The van der Waals surface area contributed by atoms with Gasteiger partial charge in [0.1, 0.15) is 5.75 Å². The van der Waals surface area contributed by atoms with E-state index in [2.05, 4.69) is 10.3 Å². The van der Waals surface area contributed by atoms with Crippen molar-refractivity contribution in [1.82, 2.24) is 14.6 Å². The number of hydrogen-bond acceptors (Lipinski definition) is 5. The van der Waals surface area contributed by atoms with E-state index < -0.39 is 10.0 Å². The molecule has 1 aromatic heterocycles. The van der Waals surface area contributed by atoms with Gasteiger partial charge in [-0.05, 0) is 23.8 Å². The van der Waals surface area contributed by atoms with E-state index in [1.807, 2.05) is 36.4 Å². The van der Waals surface area contributed by atoms with Crippen LogP contribution in [0.2, 0.25) is 0 Å². The van der Waals surface area contributed by atoms with Crippen molar-refractivity contribution in [3.8, 4) is 5.75 Å². The van der Waals surface area contributed by atoms with Crippen LogP contribution < -0.4 is 10.1 Å². The number of methoxy groups -OCH3 is 1. The lowest BCUT2D eigenvalue weighted by atomic mass is 10.1. The number of aromatic nitrogens is 1. The van der Waals surface area contributed by atoms with E-state index in [4.69, 9.17) is 4.74 Å². The molecule has 2 aromatic carbocycles. The Morgan fingerprint density at radius 1 is 1.11 bits per heavy atom. The Labute approximate surface area is 158 Å². The first-order chi connectivity index (χ1) is 13.1. The summed E-state index contributed by atoms with van der Waals surface area (Å²) >= 11 is 0. The maximum atomic E-state index is 13.6. The monoisotopic (exact) mass is 383 g/mol. The van der Waals surface area contributed by atoms with Gasteiger partial charge in [0.2, 0.25) is 10.0 Å². The maximum absolute atomic E-state index is 13.6. The normalized spacial score (nSPS) is 18.5. The summed E-state index contributed by atoms with van der Waals surface area (Å²) < 4.78 is 34.2. The molecule has 2 heterocycles. The molecule has 0 radical (unpaired) electrons. The Balaban J connectivity index is 1.84. The second-order valence-corrected chi connectivity index (χ2v) is 8.29. The number of fused-ring (bicyclic) bond motifs is 1. The van der Waals surface area contributed by atoms with Gasteiger partial charge in [-0.25, -0.2) is 8.42 Å². The van der Waals surface area contributed by atoms with Crippen molar-refractivity contribution < 1.29 is 13.2 Å². The van der Waals surface area contributed by atoms with E-state index in [-0.39, 0.29) is 6.04 Å². The number of hydrogen-bond donors (Lipinski definition) is 1. The van der Waals surface area contributed by atoms with Gasteiger partial charge >= 0.3 is 0 Å². The molecular formula is C20H21N3O3S. The summed E-state index contributed by atoms with van der Waals surface area (Å²) in [5.41, 5.74) is 0.881. The van der Waals surface area contributed by atoms with Crippen molar-refractivity contribution >= 4 is 20.8 Å². The van der Waals surface area contributed by atoms with E-state index in [1.54, 1.807) is 35.9 Å². The zero-order valence-corrected chi connectivity index (χ0v) is 15.8. The number of benzene rings is 2. The molecule has 0 bridgehead atoms. The van der Waals surface area contributed by atoms with Crippen LogP contribution in [0.1, 0.15) is 11.6 Å². The molecule has 0 saturated carbocycles. The van der Waals surface area contributed by atoms with Crippen LogP contribution in [0.4, 0.5) is 0 Å². The van der Waals surface area contributed by atoms with Crippen LogP contribution in [0, 0.1) is 0 Å². The predicted molar refractivity (Wildman–Crippen MR) is 104 cm³/mol. The summed E-state index contributed by atoms with van der Waals surface area (Å²) in [4.78, 5) is 4.46. The average Bonchev–Trinajstić information content (AvgIpc) is 2.73. The van der Waals surface area contributed by atoms with Crippen molar-refractivity contribution in [2.45, 2.75) is 10.9 Å². The van der Waals surface area contributed by atoms with Gasteiger partial charge in [0.15, 0.2) is 0 Å². The Hall–Kier alpha value is -2.48. The number of rotatable bonds is 4. The summed E-state index contributed by atoms with van der Waals surface area (Å²) in [5.74, 6) is 0.661. The van der Waals surface area contributed by atoms with Crippen LogP contribution >= 0.6 is 0 Å². The van der Waals surface area contributed by atoms with E-state index in [0.29, 0.717) is 35.7 Å². The lowest BCUT2D eigenvalue weighted by molar-refractivity contribution is 0.271. The van der Waals surface area contributed by atoms with Crippen LogP contribution in [0.15, 0.2) is 65.8 Å². The zero-order chi connectivity index (χ0) is 18.9. The standard InChI is InChI=1S/C20H21N3O3S/c1-26-19-8-9-20(17-7-3-2-6-16(17)19)27(24,25)23-12-11-22-14-18(23)15-5-4-10-21-13-15/h2-10,13,18,22H,11-12,14H2,1H3. The van der Waals surface area contributed by atoms with Crippen LogP contribution in [-0.4, -0.2) is 44.5 Å². The molecule has 1 saturated heterocycles. The Morgan fingerprint density at radius 3 is 2.67 bits per heavy atom. The minimum absolute atomic E-state index is 0.293. The van der Waals surface area contributed by atoms with Gasteiger partial charge in [0, 0.05) is 42.8 Å². The number of piperazine rings is 1. The molecular weight excluding hydrogens is 362 g/mol. The number of pyridine rings is 1. The Kier molecular flexibility index (Phi) is 4.82. The first kappa shape index (κ1) is 17.9. The molecule has 0 amide bonds. The van der Waals surface area contributed by atoms with Gasteiger partial charge in [0.25, 0.3) is 0 Å². The van der Waals surface area contributed by atoms with Crippen molar-refractivity contribution in [1.29, 1.82) is 0 Å². The number of nitrogens with zero attached hydrogens (tertiary/aromatic N) is 2. The first-order valence-corrected chi connectivity index (χ1v) is 10.2. The van der Waals surface area contributed by atoms with E-state index in [1.165, 1.54) is 0 Å². The third-order valence-electron chi connectivity index (χ3n) is 4.91. The number of sulfonamides is 1. The zero-order valence-electron chi connectivity index (χ0n) is 15.0. The molecule has 0 aliphatic carbocycles. The highest BCUT2D eigenvalue weighted by Crippen LogP contribution is 2.35. The van der Waals surface area contributed by atoms with Crippen molar-refractivity contribution in [3.63, 3.8) is 0 Å². The topological polar surface area (TPSA) is 71.5 Å². The minimum Gasteiger partial charge on any atom is -0.496 e. The summed E-state index contributed by atoms with van der Waals surface area (Å²) in [7, 11) is -2.11. The molecule has 1 N–H and O–H groups in total. The summed E-state index contributed by atoms with van der Waals surface area (Å²) in [6.45, 7) is 1.57. The lowest BCUT2D eigenvalue weighted by Crippen LogP contribution is -2.48. The van der Waals surface area contributed by atoms with Crippen LogP contribution in [0.5, 0.6) is 5.75 Å². The highest BCUT2D eigenvalue weighted by molar-refractivity contribution is 7.89. The van der Waals surface area contributed by atoms with Crippen LogP contribution in [0.25, 0.3) is 10.8 Å². The van der Waals surface area contributed by atoms with Gasteiger partial charge in [-0.15, -0.1) is 0 Å². The number of nitrogens with one attached hydrogen (secondary N) is 1. The van der Waals surface area contributed by atoms with Gasteiger partial charge in [-0.1, -0.05) is 30.3 Å². The second-order valence-electron chi connectivity index (χ2n) is 6.43. The summed E-state index contributed by atoms with van der Waals surface area (Å²) in [6.07, 6.45) is 3.42. The van der Waals surface area contributed by atoms with Gasteiger partial charge < -0.3 is 10.1 Å².